The predicted molar refractivity (Wildman–Crippen MR) is 50.2 cm³/mol. The maximum atomic E-state index is 10.8. The number of halogens is 1. The Kier molecular flexibility index (Phi) is 5.29. The van der Waals surface area contributed by atoms with Crippen LogP contribution in [0.15, 0.2) is 0 Å². The molecule has 0 aromatic carbocycles. The minimum absolute atomic E-state index is 0.0158. The highest BCUT2D eigenvalue weighted by Gasteiger charge is 2.05. The smallest absolute Gasteiger partial charge is 0.214 e. The van der Waals surface area contributed by atoms with E-state index in [0.717, 1.165) is 6.42 Å². The molecule has 11 heavy (non-hydrogen) atoms. The third-order valence-electron chi connectivity index (χ3n) is 1.19. The summed E-state index contributed by atoms with van der Waals surface area (Å²) in [4.78, 5) is 0. The highest BCUT2D eigenvalue weighted by atomic mass is 79.9. The van der Waals surface area contributed by atoms with Crippen LogP contribution in [-0.4, -0.2) is 19.6 Å². The van der Waals surface area contributed by atoms with E-state index in [0.29, 0.717) is 12.5 Å². The molecular formula is C6H14BrNO2S. The topological polar surface area (TPSA) is 46.2 Å². The summed E-state index contributed by atoms with van der Waals surface area (Å²) in [5.41, 5.74) is 0. The second kappa shape index (κ2) is 5.11. The lowest BCUT2D eigenvalue weighted by atomic mass is 10.1. The predicted octanol–water partition coefficient (Wildman–Crippen LogP) is 1.30. The minimum Gasteiger partial charge on any atom is -0.214 e. The van der Waals surface area contributed by atoms with Gasteiger partial charge in [-0.05, 0) is 12.3 Å². The lowest BCUT2D eigenvalue weighted by molar-refractivity contribution is 0.555. The molecule has 0 atom stereocenters. The van der Waals surface area contributed by atoms with Gasteiger partial charge < -0.3 is 0 Å². The normalized spacial score (nSPS) is 12.4. The largest absolute Gasteiger partial charge is 0.221 e. The summed E-state index contributed by atoms with van der Waals surface area (Å²) in [6, 6.07) is 0. The molecule has 3 nitrogen and oxygen atoms in total. The Bertz CT molecular complexity index is 189. The van der Waals surface area contributed by atoms with Gasteiger partial charge in [0, 0.05) is 6.54 Å². The molecule has 0 amide bonds. The summed E-state index contributed by atoms with van der Waals surface area (Å²) in [5.74, 6) is 0.535. The quantitative estimate of drug-likeness (QED) is 0.741. The fraction of sp³-hybridized carbons (Fsp3) is 1.00. The van der Waals surface area contributed by atoms with E-state index in [1.807, 2.05) is 0 Å². The minimum atomic E-state index is -3.05. The molecule has 0 heterocycles. The second-order valence-corrected chi connectivity index (χ2v) is 5.91. The number of hydrogen-bond donors (Lipinski definition) is 1. The van der Waals surface area contributed by atoms with Gasteiger partial charge in [0.05, 0.1) is 0 Å². The average Bonchev–Trinajstić information content (AvgIpc) is 1.87. The molecule has 68 valence electrons. The third-order valence-corrected chi connectivity index (χ3v) is 3.93. The molecule has 5 heteroatoms. The van der Waals surface area contributed by atoms with Gasteiger partial charge in [-0.2, -0.15) is 0 Å². The van der Waals surface area contributed by atoms with Crippen molar-refractivity contribution in [1.29, 1.82) is 0 Å². The molecule has 0 aliphatic carbocycles. The van der Waals surface area contributed by atoms with Gasteiger partial charge in [-0.3, -0.25) is 0 Å². The summed E-state index contributed by atoms with van der Waals surface area (Å²) >= 11 is 2.89. The van der Waals surface area contributed by atoms with E-state index in [4.69, 9.17) is 0 Å². The van der Waals surface area contributed by atoms with Crippen molar-refractivity contribution in [3.8, 4) is 0 Å². The molecule has 0 aromatic heterocycles. The number of alkyl halides is 1. The van der Waals surface area contributed by atoms with Crippen LogP contribution in [0.1, 0.15) is 20.3 Å². The molecule has 0 aliphatic rings. The molecule has 0 spiro atoms. The maximum Gasteiger partial charge on any atom is 0.221 e. The van der Waals surface area contributed by atoms with Gasteiger partial charge in [0.15, 0.2) is 0 Å². The Balaban J connectivity index is 3.55. The standard InChI is InChI=1S/C6H14BrNO2S/c1-6(2)3-4-8-11(9,10)5-7/h6,8H,3-5H2,1-2H3. The molecule has 0 bridgehead atoms. The fourth-order valence-corrected chi connectivity index (χ4v) is 1.53. The first-order valence-electron chi connectivity index (χ1n) is 3.51. The van der Waals surface area contributed by atoms with Crippen LogP contribution in [-0.2, 0) is 10.0 Å². The first kappa shape index (κ1) is 11.4. The molecule has 1 N–H and O–H groups in total. The second-order valence-electron chi connectivity index (χ2n) is 2.80. The zero-order valence-corrected chi connectivity index (χ0v) is 9.20. The van der Waals surface area contributed by atoms with Gasteiger partial charge in [-0.25, -0.2) is 13.1 Å². The highest BCUT2D eigenvalue weighted by Crippen LogP contribution is 1.98. The van der Waals surface area contributed by atoms with Crippen LogP contribution in [0.3, 0.4) is 0 Å². The van der Waals surface area contributed by atoms with E-state index in [1.165, 1.54) is 0 Å². The number of hydrogen-bond acceptors (Lipinski definition) is 2. The Morgan fingerprint density at radius 3 is 2.36 bits per heavy atom. The van der Waals surface area contributed by atoms with Crippen LogP contribution < -0.4 is 4.72 Å². The van der Waals surface area contributed by atoms with E-state index < -0.39 is 10.0 Å². The summed E-state index contributed by atoms with van der Waals surface area (Å²) in [7, 11) is -3.05. The first-order valence-corrected chi connectivity index (χ1v) is 6.28. The van der Waals surface area contributed by atoms with E-state index in [9.17, 15) is 8.42 Å². The molecular weight excluding hydrogens is 230 g/mol. The van der Waals surface area contributed by atoms with Gasteiger partial charge in [-0.1, -0.05) is 29.8 Å². The SMILES string of the molecule is CC(C)CCNS(=O)(=O)CBr. The van der Waals surface area contributed by atoms with E-state index in [-0.39, 0.29) is 4.66 Å². The monoisotopic (exact) mass is 243 g/mol. The van der Waals surface area contributed by atoms with Gasteiger partial charge in [0.1, 0.15) is 4.66 Å². The molecule has 0 radical (unpaired) electrons. The lowest BCUT2D eigenvalue weighted by Gasteiger charge is -2.05. The molecule has 0 unspecified atom stereocenters. The number of nitrogens with one attached hydrogen (secondary N) is 1. The van der Waals surface area contributed by atoms with Crippen molar-refractivity contribution in [2.24, 2.45) is 5.92 Å². The Morgan fingerprint density at radius 2 is 2.00 bits per heavy atom. The first-order chi connectivity index (χ1) is 4.98. The van der Waals surface area contributed by atoms with E-state index in [1.54, 1.807) is 0 Å². The van der Waals surface area contributed by atoms with Gasteiger partial charge >= 0.3 is 0 Å². The van der Waals surface area contributed by atoms with Crippen molar-refractivity contribution < 1.29 is 8.42 Å². The zero-order valence-electron chi connectivity index (χ0n) is 6.80. The Labute approximate surface area is 76.7 Å². The Morgan fingerprint density at radius 1 is 1.45 bits per heavy atom. The Hall–Kier alpha value is 0.390. The zero-order chi connectivity index (χ0) is 8.91. The van der Waals surface area contributed by atoms with Gasteiger partial charge in [0.25, 0.3) is 0 Å². The fourth-order valence-electron chi connectivity index (χ4n) is 0.542. The van der Waals surface area contributed by atoms with Crippen LogP contribution >= 0.6 is 15.9 Å². The molecule has 0 aromatic rings. The summed E-state index contributed by atoms with van der Waals surface area (Å²) < 4.78 is 24.1. The molecule has 0 aliphatic heterocycles. The summed E-state index contributed by atoms with van der Waals surface area (Å²) in [6.45, 7) is 4.65. The molecule has 0 fully saturated rings. The lowest BCUT2D eigenvalue weighted by Crippen LogP contribution is -2.26. The molecule has 0 saturated heterocycles. The van der Waals surface area contributed by atoms with Crippen LogP contribution in [0, 0.1) is 5.92 Å². The van der Waals surface area contributed by atoms with Crippen LogP contribution in [0.25, 0.3) is 0 Å². The van der Waals surface area contributed by atoms with Gasteiger partial charge in [0.2, 0.25) is 10.0 Å². The van der Waals surface area contributed by atoms with Crippen molar-refractivity contribution in [1.82, 2.24) is 4.72 Å². The third kappa shape index (κ3) is 6.77. The number of sulfonamides is 1. The van der Waals surface area contributed by atoms with Crippen molar-refractivity contribution in [3.05, 3.63) is 0 Å². The van der Waals surface area contributed by atoms with Crippen molar-refractivity contribution in [2.45, 2.75) is 20.3 Å². The average molecular weight is 244 g/mol. The molecule has 0 saturated carbocycles. The number of rotatable bonds is 5. The van der Waals surface area contributed by atoms with Crippen LogP contribution in [0.2, 0.25) is 0 Å². The van der Waals surface area contributed by atoms with Crippen LogP contribution in [0.5, 0.6) is 0 Å². The summed E-state index contributed by atoms with van der Waals surface area (Å²) in [6.07, 6.45) is 0.881. The summed E-state index contributed by atoms with van der Waals surface area (Å²) in [5, 5.41) is 0. The molecule has 0 rings (SSSR count). The highest BCUT2D eigenvalue weighted by molar-refractivity contribution is 9.10. The van der Waals surface area contributed by atoms with E-state index >= 15 is 0 Å². The van der Waals surface area contributed by atoms with Crippen molar-refractivity contribution in [2.75, 3.05) is 11.2 Å². The van der Waals surface area contributed by atoms with Gasteiger partial charge in [-0.15, -0.1) is 0 Å². The van der Waals surface area contributed by atoms with Crippen LogP contribution in [0.4, 0.5) is 0 Å². The maximum absolute atomic E-state index is 10.8. The van der Waals surface area contributed by atoms with Crippen molar-refractivity contribution >= 4 is 26.0 Å². The van der Waals surface area contributed by atoms with Crippen molar-refractivity contribution in [3.63, 3.8) is 0 Å². The van der Waals surface area contributed by atoms with E-state index in [2.05, 4.69) is 34.5 Å².